The second-order valence-corrected chi connectivity index (χ2v) is 6.92. The average molecular weight is 403 g/mol. The minimum Gasteiger partial charge on any atom is -0.496 e. The van der Waals surface area contributed by atoms with Crippen molar-refractivity contribution >= 4 is 57.7 Å². The second kappa shape index (κ2) is 9.02. The van der Waals surface area contributed by atoms with E-state index in [0.717, 1.165) is 0 Å². The molecule has 25 heavy (non-hydrogen) atoms. The Labute approximate surface area is 159 Å². The van der Waals surface area contributed by atoms with E-state index in [0.29, 0.717) is 20.8 Å². The molecule has 1 aromatic carbocycles. The van der Waals surface area contributed by atoms with Gasteiger partial charge in [-0.1, -0.05) is 35.6 Å². The molecular formula is C15H15ClN2O5S2. The Morgan fingerprint density at radius 3 is 2.84 bits per heavy atom. The Morgan fingerprint density at radius 1 is 1.44 bits per heavy atom. The lowest BCUT2D eigenvalue weighted by molar-refractivity contribution is -0.126. The van der Waals surface area contributed by atoms with Crippen molar-refractivity contribution in [3.05, 3.63) is 28.8 Å². The Bertz CT molecular complexity index is 697. The fourth-order valence-corrected chi connectivity index (χ4v) is 3.30. The number of hydrogen-bond donors (Lipinski definition) is 1. The first-order valence-corrected chi connectivity index (χ1v) is 8.94. The first-order valence-electron chi connectivity index (χ1n) is 7.17. The highest BCUT2D eigenvalue weighted by atomic mass is 35.5. The minimum absolute atomic E-state index is 0.0799. The molecule has 10 heteroatoms. The average Bonchev–Trinajstić information content (AvgIpc) is 2.91. The maximum atomic E-state index is 12.0. The van der Waals surface area contributed by atoms with Crippen LogP contribution in [0.3, 0.4) is 0 Å². The normalized spacial score (nSPS) is 13.8. The van der Waals surface area contributed by atoms with E-state index in [9.17, 15) is 14.4 Å². The van der Waals surface area contributed by atoms with E-state index in [4.69, 9.17) is 33.3 Å². The molecule has 1 fully saturated rings. The zero-order valence-electron chi connectivity index (χ0n) is 13.2. The molecular weight excluding hydrogens is 388 g/mol. The van der Waals surface area contributed by atoms with Crippen LogP contribution in [0.5, 0.6) is 5.75 Å². The summed E-state index contributed by atoms with van der Waals surface area (Å²) in [6, 6.07) is 4.51. The smallest absolute Gasteiger partial charge is 0.342 e. The quantitative estimate of drug-likeness (QED) is 0.546. The van der Waals surface area contributed by atoms with Gasteiger partial charge in [0.05, 0.1) is 12.9 Å². The molecule has 7 nitrogen and oxygen atoms in total. The van der Waals surface area contributed by atoms with Crippen molar-refractivity contribution in [1.29, 1.82) is 0 Å². The molecule has 1 aliphatic rings. The van der Waals surface area contributed by atoms with Crippen molar-refractivity contribution in [2.45, 2.75) is 0 Å². The predicted molar refractivity (Wildman–Crippen MR) is 98.1 cm³/mol. The lowest BCUT2D eigenvalue weighted by Gasteiger charge is -2.15. The van der Waals surface area contributed by atoms with Crippen molar-refractivity contribution < 1.29 is 23.9 Å². The molecule has 2 rings (SSSR count). The lowest BCUT2D eigenvalue weighted by atomic mass is 10.2. The summed E-state index contributed by atoms with van der Waals surface area (Å²) in [5.41, 5.74) is 0.132. The Balaban J connectivity index is 1.78. The van der Waals surface area contributed by atoms with Gasteiger partial charge in [0.2, 0.25) is 5.91 Å². The van der Waals surface area contributed by atoms with Crippen LogP contribution in [0, 0.1) is 0 Å². The van der Waals surface area contributed by atoms with Crippen molar-refractivity contribution in [1.82, 2.24) is 10.2 Å². The van der Waals surface area contributed by atoms with Gasteiger partial charge in [-0.05, 0) is 18.2 Å². The number of carbonyl (C=O) groups is 3. The van der Waals surface area contributed by atoms with Crippen LogP contribution in [0.4, 0.5) is 0 Å². The van der Waals surface area contributed by atoms with Crippen LogP contribution in [-0.2, 0) is 14.3 Å². The SMILES string of the molecule is COc1ccc(Cl)cc1C(=O)OCC(=O)NCCN1C(=O)CSC1=S. The summed E-state index contributed by atoms with van der Waals surface area (Å²) in [4.78, 5) is 36.8. The standard InChI is InChI=1S/C15H15ClN2O5S2/c1-22-11-3-2-9(16)6-10(11)14(21)23-7-12(19)17-4-5-18-13(20)8-25-15(18)24/h2-3,6H,4-5,7-8H2,1H3,(H,17,19). The van der Waals surface area contributed by atoms with Crippen LogP contribution in [0.1, 0.15) is 10.4 Å². The highest BCUT2D eigenvalue weighted by Crippen LogP contribution is 2.23. The third kappa shape index (κ3) is 5.32. The number of rotatable bonds is 7. The number of thiocarbonyl (C=S) groups is 1. The first-order chi connectivity index (χ1) is 11.9. The molecule has 0 spiro atoms. The molecule has 0 unspecified atom stereocenters. The van der Waals surface area contributed by atoms with Crippen LogP contribution < -0.4 is 10.1 Å². The third-order valence-corrected chi connectivity index (χ3v) is 4.88. The van der Waals surface area contributed by atoms with Gasteiger partial charge in [-0.2, -0.15) is 0 Å². The zero-order chi connectivity index (χ0) is 18.4. The van der Waals surface area contributed by atoms with E-state index in [1.807, 2.05) is 0 Å². The van der Waals surface area contributed by atoms with Crippen molar-refractivity contribution in [2.75, 3.05) is 32.6 Å². The Morgan fingerprint density at radius 2 is 2.20 bits per heavy atom. The zero-order valence-corrected chi connectivity index (χ0v) is 15.6. The van der Waals surface area contributed by atoms with E-state index in [-0.39, 0.29) is 24.6 Å². The lowest BCUT2D eigenvalue weighted by Crippen LogP contribution is -2.38. The number of carbonyl (C=O) groups excluding carboxylic acids is 3. The molecule has 0 aliphatic carbocycles. The van der Waals surface area contributed by atoms with E-state index in [1.54, 1.807) is 6.07 Å². The summed E-state index contributed by atoms with van der Waals surface area (Å²) in [5.74, 6) is -0.662. The first kappa shape index (κ1) is 19.5. The molecule has 1 saturated heterocycles. The van der Waals surface area contributed by atoms with E-state index < -0.39 is 18.5 Å². The number of esters is 1. The summed E-state index contributed by atoms with van der Waals surface area (Å²) >= 11 is 12.2. The number of hydrogen-bond acceptors (Lipinski definition) is 7. The summed E-state index contributed by atoms with van der Waals surface area (Å²) in [5, 5.41) is 2.91. The van der Waals surface area contributed by atoms with Crippen LogP contribution in [0.15, 0.2) is 18.2 Å². The molecule has 134 valence electrons. The summed E-state index contributed by atoms with van der Waals surface area (Å²) in [7, 11) is 1.41. The molecule has 1 aliphatic heterocycles. The molecule has 0 bridgehead atoms. The van der Waals surface area contributed by atoms with Crippen molar-refractivity contribution in [3.8, 4) is 5.75 Å². The van der Waals surface area contributed by atoms with Gasteiger partial charge in [0.1, 0.15) is 15.6 Å². The maximum Gasteiger partial charge on any atom is 0.342 e. The number of halogens is 1. The molecule has 1 N–H and O–H groups in total. The van der Waals surface area contributed by atoms with E-state index in [2.05, 4.69) is 5.32 Å². The fourth-order valence-electron chi connectivity index (χ4n) is 2.00. The Kier molecular flexibility index (Phi) is 7.03. The van der Waals surface area contributed by atoms with Gasteiger partial charge in [0, 0.05) is 18.1 Å². The number of nitrogens with one attached hydrogen (secondary N) is 1. The van der Waals surface area contributed by atoms with E-state index >= 15 is 0 Å². The number of methoxy groups -OCH3 is 1. The largest absolute Gasteiger partial charge is 0.496 e. The van der Waals surface area contributed by atoms with Crippen LogP contribution in [0.2, 0.25) is 5.02 Å². The van der Waals surface area contributed by atoms with Gasteiger partial charge in [0.25, 0.3) is 5.91 Å². The van der Waals surface area contributed by atoms with Gasteiger partial charge in [-0.15, -0.1) is 0 Å². The van der Waals surface area contributed by atoms with Gasteiger partial charge < -0.3 is 14.8 Å². The predicted octanol–water partition coefficient (Wildman–Crippen LogP) is 1.48. The maximum absolute atomic E-state index is 12.0. The van der Waals surface area contributed by atoms with Crippen LogP contribution in [-0.4, -0.2) is 59.6 Å². The Hall–Kier alpha value is -1.84. The summed E-state index contributed by atoms with van der Waals surface area (Å²) < 4.78 is 10.5. The fraction of sp³-hybridized carbons (Fsp3) is 0.333. The second-order valence-electron chi connectivity index (χ2n) is 4.87. The van der Waals surface area contributed by atoms with Gasteiger partial charge in [0.15, 0.2) is 6.61 Å². The van der Waals surface area contributed by atoms with Crippen LogP contribution in [0.25, 0.3) is 0 Å². The van der Waals surface area contributed by atoms with Gasteiger partial charge >= 0.3 is 5.97 Å². The minimum atomic E-state index is -0.721. The van der Waals surface area contributed by atoms with Crippen molar-refractivity contribution in [2.24, 2.45) is 0 Å². The monoisotopic (exact) mass is 402 g/mol. The summed E-state index contributed by atoms with van der Waals surface area (Å²) in [6.07, 6.45) is 0. The van der Waals surface area contributed by atoms with E-state index in [1.165, 1.54) is 35.9 Å². The third-order valence-electron chi connectivity index (χ3n) is 3.21. The number of ether oxygens (including phenoxy) is 2. The number of amides is 2. The molecule has 0 atom stereocenters. The molecule has 1 heterocycles. The highest BCUT2D eigenvalue weighted by Gasteiger charge is 2.26. The topological polar surface area (TPSA) is 84.9 Å². The summed E-state index contributed by atoms with van der Waals surface area (Å²) in [6.45, 7) is 0.0391. The number of thioether (sulfide) groups is 1. The van der Waals surface area contributed by atoms with Gasteiger partial charge in [-0.3, -0.25) is 14.5 Å². The van der Waals surface area contributed by atoms with Crippen molar-refractivity contribution in [3.63, 3.8) is 0 Å². The molecule has 0 saturated carbocycles. The molecule has 1 aromatic rings. The molecule has 2 amide bonds. The molecule has 0 aromatic heterocycles. The molecule has 0 radical (unpaired) electrons. The number of benzene rings is 1. The van der Waals surface area contributed by atoms with Crippen LogP contribution >= 0.6 is 35.6 Å². The van der Waals surface area contributed by atoms with Gasteiger partial charge in [-0.25, -0.2) is 4.79 Å². The highest BCUT2D eigenvalue weighted by molar-refractivity contribution is 8.23. The number of nitrogens with zero attached hydrogens (tertiary/aromatic N) is 1.